The van der Waals surface area contributed by atoms with Crippen LogP contribution in [-0.4, -0.2) is 10.9 Å². The maximum atomic E-state index is 13.8. The van der Waals surface area contributed by atoms with E-state index < -0.39 is 11.6 Å². The van der Waals surface area contributed by atoms with E-state index in [0.717, 1.165) is 5.56 Å². The summed E-state index contributed by atoms with van der Waals surface area (Å²) < 4.78 is 27.6. The summed E-state index contributed by atoms with van der Waals surface area (Å²) in [6.07, 6.45) is 0. The molecule has 0 aromatic heterocycles. The van der Waals surface area contributed by atoms with Crippen molar-refractivity contribution >= 4 is 5.69 Å². The Hall–Kier alpha value is -1.94. The summed E-state index contributed by atoms with van der Waals surface area (Å²) in [7, 11) is 0. The fourth-order valence-electron chi connectivity index (χ4n) is 2.17. The number of nitrogens with two attached hydrogens (primary N) is 1. The molecule has 0 spiro atoms. The van der Waals surface area contributed by atoms with Crippen LogP contribution in [0.1, 0.15) is 25.0 Å². The third-order valence-electron chi connectivity index (χ3n) is 3.52. The molecule has 0 amide bonds. The quantitative estimate of drug-likeness (QED) is 0.845. The van der Waals surface area contributed by atoms with Gasteiger partial charge in [-0.15, -0.1) is 0 Å². The fourth-order valence-corrected chi connectivity index (χ4v) is 2.17. The van der Waals surface area contributed by atoms with Crippen LogP contribution in [0.4, 0.5) is 14.5 Å². The van der Waals surface area contributed by atoms with Crippen LogP contribution >= 0.6 is 0 Å². The molecule has 0 radical (unpaired) electrons. The van der Waals surface area contributed by atoms with E-state index in [1.165, 1.54) is 18.2 Å². The molecule has 0 bridgehead atoms. The van der Waals surface area contributed by atoms with Gasteiger partial charge < -0.3 is 5.73 Å². The minimum absolute atomic E-state index is 0.113. The summed E-state index contributed by atoms with van der Waals surface area (Å²) in [5.74, 6) is -1.00. The molecule has 112 valence electrons. The molecule has 21 heavy (non-hydrogen) atoms. The number of rotatable bonds is 5. The molecular formula is C17H20F2N2. The van der Waals surface area contributed by atoms with E-state index in [1.807, 2.05) is 43.0 Å². The van der Waals surface area contributed by atoms with Crippen molar-refractivity contribution in [2.24, 2.45) is 0 Å². The van der Waals surface area contributed by atoms with Gasteiger partial charge in [0.2, 0.25) is 0 Å². The van der Waals surface area contributed by atoms with Gasteiger partial charge in [-0.25, -0.2) is 8.78 Å². The van der Waals surface area contributed by atoms with Gasteiger partial charge in [0, 0.05) is 30.4 Å². The van der Waals surface area contributed by atoms with Gasteiger partial charge in [0.25, 0.3) is 0 Å². The number of anilines is 1. The first-order valence-electron chi connectivity index (χ1n) is 6.98. The second kappa shape index (κ2) is 6.68. The molecule has 2 N–H and O–H groups in total. The highest BCUT2D eigenvalue weighted by atomic mass is 19.1. The molecule has 0 heterocycles. The molecular weight excluding hydrogens is 270 g/mol. The van der Waals surface area contributed by atoms with Crippen LogP contribution in [0, 0.1) is 11.6 Å². The summed E-state index contributed by atoms with van der Waals surface area (Å²) in [6, 6.07) is 11.7. The van der Waals surface area contributed by atoms with Crippen LogP contribution in [0.15, 0.2) is 42.5 Å². The van der Waals surface area contributed by atoms with Gasteiger partial charge in [-0.05, 0) is 43.7 Å². The molecule has 0 aliphatic rings. The van der Waals surface area contributed by atoms with Crippen molar-refractivity contribution < 1.29 is 8.78 Å². The van der Waals surface area contributed by atoms with E-state index in [-0.39, 0.29) is 18.2 Å². The van der Waals surface area contributed by atoms with Crippen LogP contribution in [0.2, 0.25) is 0 Å². The lowest BCUT2D eigenvalue weighted by atomic mass is 10.1. The number of benzene rings is 2. The minimum atomic E-state index is -0.502. The van der Waals surface area contributed by atoms with E-state index >= 15 is 0 Å². The topological polar surface area (TPSA) is 29.3 Å². The molecule has 0 aliphatic heterocycles. The summed E-state index contributed by atoms with van der Waals surface area (Å²) in [6.45, 7) is 4.87. The zero-order valence-corrected chi connectivity index (χ0v) is 12.3. The third kappa shape index (κ3) is 4.02. The maximum absolute atomic E-state index is 13.8. The molecule has 4 heteroatoms. The van der Waals surface area contributed by atoms with Gasteiger partial charge in [-0.3, -0.25) is 4.90 Å². The first-order valence-corrected chi connectivity index (χ1v) is 6.98. The Morgan fingerprint density at radius 2 is 1.52 bits per heavy atom. The number of halogens is 2. The molecule has 0 atom stereocenters. The molecule has 0 unspecified atom stereocenters. The van der Waals surface area contributed by atoms with Crippen molar-refractivity contribution in [2.45, 2.75) is 33.0 Å². The van der Waals surface area contributed by atoms with Crippen molar-refractivity contribution in [1.29, 1.82) is 0 Å². The summed E-state index contributed by atoms with van der Waals surface area (Å²) in [4.78, 5) is 2.02. The number of hydrogen-bond acceptors (Lipinski definition) is 2. The normalized spacial score (nSPS) is 11.3. The minimum Gasteiger partial charge on any atom is -0.399 e. The van der Waals surface area contributed by atoms with Crippen molar-refractivity contribution in [3.05, 3.63) is 65.2 Å². The average molecular weight is 290 g/mol. The van der Waals surface area contributed by atoms with Crippen LogP contribution in [0.3, 0.4) is 0 Å². The zero-order chi connectivity index (χ0) is 15.4. The lowest BCUT2D eigenvalue weighted by molar-refractivity contribution is 0.198. The molecule has 0 aliphatic carbocycles. The van der Waals surface area contributed by atoms with E-state index in [9.17, 15) is 8.78 Å². The maximum Gasteiger partial charge on any atom is 0.130 e. The van der Waals surface area contributed by atoms with Crippen molar-refractivity contribution in [1.82, 2.24) is 4.90 Å². The zero-order valence-electron chi connectivity index (χ0n) is 12.3. The number of nitrogen functional groups attached to an aromatic ring is 1. The van der Waals surface area contributed by atoms with E-state index in [1.54, 1.807) is 0 Å². The monoisotopic (exact) mass is 290 g/mol. The Labute approximate surface area is 124 Å². The molecule has 2 aromatic carbocycles. The Balaban J connectivity index is 2.18. The standard InChI is InChI=1S/C17H20F2N2/c1-12(2)21(10-13-6-8-14(20)9-7-13)11-15-16(18)4-3-5-17(15)19/h3-9,12H,10-11,20H2,1-2H3. The Morgan fingerprint density at radius 3 is 2.05 bits per heavy atom. The predicted octanol–water partition coefficient (Wildman–Crippen LogP) is 3.96. The summed E-state index contributed by atoms with van der Waals surface area (Å²) in [5, 5.41) is 0. The predicted molar refractivity (Wildman–Crippen MR) is 81.6 cm³/mol. The molecule has 0 saturated heterocycles. The second-order valence-electron chi connectivity index (χ2n) is 5.44. The van der Waals surface area contributed by atoms with Gasteiger partial charge in [-0.1, -0.05) is 18.2 Å². The van der Waals surface area contributed by atoms with Crippen LogP contribution in [0.25, 0.3) is 0 Å². The number of nitrogens with zero attached hydrogens (tertiary/aromatic N) is 1. The highest BCUT2D eigenvalue weighted by Gasteiger charge is 2.16. The van der Waals surface area contributed by atoms with Crippen LogP contribution in [0.5, 0.6) is 0 Å². The molecule has 2 rings (SSSR count). The Kier molecular flexibility index (Phi) is 4.91. The highest BCUT2D eigenvalue weighted by molar-refractivity contribution is 5.39. The number of hydrogen-bond donors (Lipinski definition) is 1. The largest absolute Gasteiger partial charge is 0.399 e. The van der Waals surface area contributed by atoms with Crippen molar-refractivity contribution in [3.63, 3.8) is 0 Å². The van der Waals surface area contributed by atoms with Crippen molar-refractivity contribution in [2.75, 3.05) is 5.73 Å². The summed E-state index contributed by atoms with van der Waals surface area (Å²) in [5.41, 5.74) is 7.55. The van der Waals surface area contributed by atoms with Crippen LogP contribution in [-0.2, 0) is 13.1 Å². The van der Waals surface area contributed by atoms with E-state index in [0.29, 0.717) is 12.2 Å². The van der Waals surface area contributed by atoms with Crippen molar-refractivity contribution in [3.8, 4) is 0 Å². The lowest BCUT2D eigenvalue weighted by Gasteiger charge is -2.27. The van der Waals surface area contributed by atoms with Gasteiger partial charge >= 0.3 is 0 Å². The van der Waals surface area contributed by atoms with Gasteiger partial charge in [0.1, 0.15) is 11.6 Å². The van der Waals surface area contributed by atoms with Gasteiger partial charge in [0.05, 0.1) is 0 Å². The molecule has 2 nitrogen and oxygen atoms in total. The molecule has 0 saturated carbocycles. The molecule has 0 fully saturated rings. The second-order valence-corrected chi connectivity index (χ2v) is 5.44. The lowest BCUT2D eigenvalue weighted by Crippen LogP contribution is -2.30. The SMILES string of the molecule is CC(C)N(Cc1ccc(N)cc1)Cc1c(F)cccc1F. The molecule has 2 aromatic rings. The first kappa shape index (κ1) is 15.4. The first-order chi connectivity index (χ1) is 9.97. The third-order valence-corrected chi connectivity index (χ3v) is 3.52. The van der Waals surface area contributed by atoms with E-state index in [2.05, 4.69) is 0 Å². The fraction of sp³-hybridized carbons (Fsp3) is 0.294. The van der Waals surface area contributed by atoms with Gasteiger partial charge in [-0.2, -0.15) is 0 Å². The highest BCUT2D eigenvalue weighted by Crippen LogP contribution is 2.18. The van der Waals surface area contributed by atoms with Gasteiger partial charge in [0.15, 0.2) is 0 Å². The van der Waals surface area contributed by atoms with E-state index in [4.69, 9.17) is 5.73 Å². The smallest absolute Gasteiger partial charge is 0.130 e. The van der Waals surface area contributed by atoms with Crippen LogP contribution < -0.4 is 5.73 Å². The summed E-state index contributed by atoms with van der Waals surface area (Å²) >= 11 is 0. The average Bonchev–Trinajstić information content (AvgIpc) is 2.43. The Morgan fingerprint density at radius 1 is 0.952 bits per heavy atom. The Bertz CT molecular complexity index is 574.